The molecule has 2 aromatic rings. The number of para-hydroxylation sites is 1. The highest BCUT2D eigenvalue weighted by atomic mass is 35.5. The number of benzene rings is 2. The van der Waals surface area contributed by atoms with Crippen molar-refractivity contribution in [3.8, 4) is 0 Å². The molecule has 1 spiro atoms. The van der Waals surface area contributed by atoms with E-state index in [4.69, 9.17) is 21.1 Å². The summed E-state index contributed by atoms with van der Waals surface area (Å²) in [5, 5.41) is 11.0. The third-order valence-corrected chi connectivity index (χ3v) is 11.3. The van der Waals surface area contributed by atoms with Crippen LogP contribution in [0.2, 0.25) is 5.02 Å². The van der Waals surface area contributed by atoms with Crippen molar-refractivity contribution in [2.75, 3.05) is 25.1 Å². The van der Waals surface area contributed by atoms with Crippen molar-refractivity contribution in [1.29, 1.82) is 0 Å². The van der Waals surface area contributed by atoms with E-state index in [2.05, 4.69) is 13.2 Å². The summed E-state index contributed by atoms with van der Waals surface area (Å²) in [6, 6.07) is 12.1. The van der Waals surface area contributed by atoms with Gasteiger partial charge < -0.3 is 29.3 Å². The maximum Gasteiger partial charge on any atom is 0.313 e. The number of aryl methyl sites for hydroxylation is 1. The van der Waals surface area contributed by atoms with Crippen LogP contribution in [0.5, 0.6) is 0 Å². The minimum atomic E-state index is -1.34. The predicted molar refractivity (Wildman–Crippen MR) is 196 cm³/mol. The smallest absolute Gasteiger partial charge is 0.313 e. The quantitative estimate of drug-likeness (QED) is 0.187. The van der Waals surface area contributed by atoms with Crippen LogP contribution >= 0.6 is 11.6 Å². The Morgan fingerprint density at radius 3 is 2.43 bits per heavy atom. The number of rotatable bonds is 15. The second kappa shape index (κ2) is 15.7. The summed E-state index contributed by atoms with van der Waals surface area (Å²) in [7, 11) is 1.68. The van der Waals surface area contributed by atoms with Gasteiger partial charge in [0.2, 0.25) is 11.8 Å². The molecular weight excluding hydrogens is 670 g/mol. The number of aliphatic hydroxyl groups excluding tert-OH is 1. The molecule has 3 heterocycles. The van der Waals surface area contributed by atoms with Gasteiger partial charge in [-0.15, -0.1) is 13.2 Å². The maximum atomic E-state index is 15.0. The number of hydrogen-bond donors (Lipinski definition) is 1. The molecule has 3 saturated heterocycles. The van der Waals surface area contributed by atoms with Crippen LogP contribution in [0.25, 0.3) is 0 Å². The number of aliphatic hydroxyl groups is 1. The number of nitrogens with zero attached hydrogens (tertiary/aromatic N) is 3. The maximum absolute atomic E-state index is 15.0. The molecule has 11 heteroatoms. The van der Waals surface area contributed by atoms with E-state index in [1.54, 1.807) is 36.2 Å². The van der Waals surface area contributed by atoms with Gasteiger partial charge in [-0.05, 0) is 56.2 Å². The molecule has 3 fully saturated rings. The number of anilines is 1. The van der Waals surface area contributed by atoms with E-state index in [0.717, 1.165) is 5.56 Å². The Kier molecular flexibility index (Phi) is 11.8. The zero-order chi connectivity index (χ0) is 37.2. The number of esters is 1. The molecular formula is C40H50ClN3O7. The fraction of sp³-hybridized carbons (Fsp3) is 0.500. The van der Waals surface area contributed by atoms with Crippen LogP contribution in [-0.2, 0) is 28.7 Å². The molecule has 10 nitrogen and oxygen atoms in total. The SMILES string of the molecule is C=CCCC(=O)N(C)[C@@H](C)[C@@H](OC(=O)[C@@H]1[C@@H]2CC[C@]3(O2)[C@H](C(=O)N(CC=C)c2c(C)cccc2Cl)N([C@@H](CO)C(C)C)C(=O)[C@@H]13)c1ccccc1. The number of likely N-dealkylation sites (tertiary alicyclic amines) is 1. The Morgan fingerprint density at radius 2 is 1.82 bits per heavy atom. The topological polar surface area (TPSA) is 117 Å². The van der Waals surface area contributed by atoms with Gasteiger partial charge in [0, 0.05) is 20.0 Å². The predicted octanol–water partition coefficient (Wildman–Crippen LogP) is 5.66. The monoisotopic (exact) mass is 719 g/mol. The van der Waals surface area contributed by atoms with Crippen LogP contribution in [0.4, 0.5) is 5.69 Å². The summed E-state index contributed by atoms with van der Waals surface area (Å²) in [6.45, 7) is 14.8. The molecule has 5 rings (SSSR count). The largest absolute Gasteiger partial charge is 0.455 e. The average Bonchev–Trinajstić information content (AvgIpc) is 3.76. The number of likely N-dealkylation sites (N-methyl/N-ethyl adjacent to an activating group) is 1. The third kappa shape index (κ3) is 6.86. The first-order chi connectivity index (χ1) is 24.3. The number of fused-ring (bicyclic) bond motifs is 1. The van der Waals surface area contributed by atoms with E-state index >= 15 is 4.79 Å². The first-order valence-corrected chi connectivity index (χ1v) is 18.1. The molecule has 51 heavy (non-hydrogen) atoms. The molecule has 0 aliphatic carbocycles. The molecule has 1 N–H and O–H groups in total. The van der Waals surface area contributed by atoms with E-state index in [1.807, 2.05) is 64.1 Å². The van der Waals surface area contributed by atoms with Crippen molar-refractivity contribution in [3.05, 3.63) is 90.0 Å². The summed E-state index contributed by atoms with van der Waals surface area (Å²) < 4.78 is 13.0. The summed E-state index contributed by atoms with van der Waals surface area (Å²) in [5.41, 5.74) is 0.613. The number of allylic oxidation sites excluding steroid dienone is 1. The van der Waals surface area contributed by atoms with Crippen LogP contribution in [-0.4, -0.2) is 88.6 Å². The molecule has 8 atom stereocenters. The second-order valence-electron chi connectivity index (χ2n) is 14.3. The standard InChI is InChI=1S/C40H50ClN3O7/c1-8-10-19-31(46)42(7)26(6)35(27-16-12-11-13-17-27)50-39(49)32-30-20-21-40(51-30)33(32)37(47)44(29(23-45)24(3)4)36(40)38(48)43(22-9-2)34-25(5)15-14-18-28(34)41/h8-9,11-18,24,26,29-30,32-33,35-36,45H,1-2,10,19-23H2,3-7H3/t26-,29-,30-,32+,33+,35+,36-,40+/m0/s1. The molecule has 0 aromatic heterocycles. The fourth-order valence-electron chi connectivity index (χ4n) is 8.27. The molecule has 2 aromatic carbocycles. The van der Waals surface area contributed by atoms with Gasteiger partial charge >= 0.3 is 5.97 Å². The van der Waals surface area contributed by atoms with Crippen LogP contribution in [0, 0.1) is 24.7 Å². The Balaban J connectivity index is 1.55. The number of hydrogen-bond acceptors (Lipinski definition) is 7. The zero-order valence-corrected chi connectivity index (χ0v) is 30.9. The molecule has 0 saturated carbocycles. The fourth-order valence-corrected chi connectivity index (χ4v) is 8.60. The van der Waals surface area contributed by atoms with Crippen LogP contribution in [0.3, 0.4) is 0 Å². The van der Waals surface area contributed by atoms with Crippen LogP contribution < -0.4 is 4.90 Å². The van der Waals surface area contributed by atoms with Crippen molar-refractivity contribution in [3.63, 3.8) is 0 Å². The number of carbonyl (C=O) groups is 4. The number of ether oxygens (including phenoxy) is 2. The summed E-state index contributed by atoms with van der Waals surface area (Å²) >= 11 is 6.69. The molecule has 2 bridgehead atoms. The molecule has 0 unspecified atom stereocenters. The normalized spacial score (nSPS) is 25.3. The molecule has 3 amide bonds. The van der Waals surface area contributed by atoms with Crippen molar-refractivity contribution in [1.82, 2.24) is 9.80 Å². The van der Waals surface area contributed by atoms with Crippen molar-refractivity contribution in [2.24, 2.45) is 17.8 Å². The minimum Gasteiger partial charge on any atom is -0.455 e. The highest BCUT2D eigenvalue weighted by Crippen LogP contribution is 2.60. The van der Waals surface area contributed by atoms with Gasteiger partial charge in [0.25, 0.3) is 5.91 Å². The van der Waals surface area contributed by atoms with Crippen molar-refractivity contribution < 1.29 is 33.8 Å². The first kappa shape index (κ1) is 38.2. The summed E-state index contributed by atoms with van der Waals surface area (Å²) in [5.74, 6) is -3.86. The first-order valence-electron chi connectivity index (χ1n) is 17.7. The molecule has 3 aliphatic rings. The van der Waals surface area contributed by atoms with Crippen molar-refractivity contribution >= 4 is 41.0 Å². The molecule has 0 radical (unpaired) electrons. The average molecular weight is 720 g/mol. The Hall–Kier alpha value is -3.99. The lowest BCUT2D eigenvalue weighted by atomic mass is 9.70. The van der Waals surface area contributed by atoms with E-state index in [1.165, 1.54) is 9.80 Å². The van der Waals surface area contributed by atoms with Gasteiger partial charge in [-0.1, -0.05) is 80.1 Å². The lowest BCUT2D eigenvalue weighted by Gasteiger charge is -2.40. The summed E-state index contributed by atoms with van der Waals surface area (Å²) in [6.07, 6.45) is 3.35. The Bertz CT molecular complexity index is 1630. The van der Waals surface area contributed by atoms with E-state index in [-0.39, 0.29) is 31.4 Å². The highest BCUT2D eigenvalue weighted by Gasteiger charge is 2.76. The lowest BCUT2D eigenvalue weighted by molar-refractivity contribution is -0.165. The van der Waals surface area contributed by atoms with E-state index in [9.17, 15) is 19.5 Å². The Labute approximate surface area is 306 Å². The zero-order valence-electron chi connectivity index (χ0n) is 30.2. The van der Waals surface area contributed by atoms with Gasteiger partial charge in [0.15, 0.2) is 0 Å². The Morgan fingerprint density at radius 1 is 1.12 bits per heavy atom. The number of amides is 3. The van der Waals surface area contributed by atoms with Gasteiger partial charge in [0.05, 0.1) is 47.3 Å². The van der Waals surface area contributed by atoms with Gasteiger partial charge in [-0.3, -0.25) is 19.2 Å². The van der Waals surface area contributed by atoms with E-state index < -0.39 is 65.6 Å². The summed E-state index contributed by atoms with van der Waals surface area (Å²) in [4.78, 5) is 61.9. The number of carbonyl (C=O) groups excluding carboxylic acids is 4. The minimum absolute atomic E-state index is 0.110. The second-order valence-corrected chi connectivity index (χ2v) is 14.7. The third-order valence-electron chi connectivity index (χ3n) is 11.0. The lowest BCUT2D eigenvalue weighted by Crippen LogP contribution is -2.60. The van der Waals surface area contributed by atoms with Gasteiger partial charge in [-0.25, -0.2) is 0 Å². The number of halogens is 1. The van der Waals surface area contributed by atoms with Gasteiger partial charge in [-0.2, -0.15) is 0 Å². The van der Waals surface area contributed by atoms with E-state index in [0.29, 0.717) is 35.5 Å². The molecule has 3 aliphatic heterocycles. The van der Waals surface area contributed by atoms with Crippen molar-refractivity contribution in [2.45, 2.75) is 89.3 Å². The van der Waals surface area contributed by atoms with Crippen LogP contribution in [0.1, 0.15) is 63.7 Å². The highest BCUT2D eigenvalue weighted by molar-refractivity contribution is 6.34. The van der Waals surface area contributed by atoms with Gasteiger partial charge in [0.1, 0.15) is 17.7 Å². The van der Waals surface area contributed by atoms with Crippen LogP contribution in [0.15, 0.2) is 73.8 Å². The molecule has 274 valence electrons.